The molecule has 0 saturated heterocycles. The molecule has 30 heavy (non-hydrogen) atoms. The average molecular weight is 534 g/mol. The molecule has 0 aromatic heterocycles. The van der Waals surface area contributed by atoms with Crippen LogP contribution in [0.5, 0.6) is 0 Å². The monoisotopic (exact) mass is 531 g/mol. The van der Waals surface area contributed by atoms with Gasteiger partial charge in [0.2, 0.25) is 0 Å². The van der Waals surface area contributed by atoms with Crippen molar-refractivity contribution in [2.45, 2.75) is 14.5 Å². The summed E-state index contributed by atoms with van der Waals surface area (Å²) >= 11 is 33.7. The molecule has 0 heterocycles. The highest BCUT2D eigenvalue weighted by atomic mass is 35.5. The van der Waals surface area contributed by atoms with Crippen LogP contribution in [0.25, 0.3) is 18.2 Å². The summed E-state index contributed by atoms with van der Waals surface area (Å²) in [6.45, 7) is 0. The maximum atomic E-state index is 11.9. The summed E-state index contributed by atoms with van der Waals surface area (Å²) in [7, 11) is 0. The molecule has 0 aliphatic carbocycles. The van der Waals surface area contributed by atoms with E-state index in [0.29, 0.717) is 0 Å². The number of carbonyl (C=O) groups is 3. The van der Waals surface area contributed by atoms with Crippen molar-refractivity contribution in [2.24, 2.45) is 0 Å². The summed E-state index contributed by atoms with van der Waals surface area (Å²) in [5.41, 5.74) is -4.00. The van der Waals surface area contributed by atoms with E-state index in [-0.39, 0.29) is 5.56 Å². The maximum Gasteiger partial charge on any atom is 0.126 e. The molecule has 1 aromatic rings. The lowest BCUT2D eigenvalue weighted by molar-refractivity contribution is -0.260. The van der Waals surface area contributed by atoms with Crippen molar-refractivity contribution in [3.05, 3.63) is 51.6 Å². The van der Waals surface area contributed by atoms with Gasteiger partial charge in [0.25, 0.3) is 0 Å². The average Bonchev–Trinajstić information content (AvgIpc) is 2.60. The molecular formula is C18H9Cl6O6-3. The van der Waals surface area contributed by atoms with Crippen LogP contribution >= 0.6 is 69.6 Å². The Morgan fingerprint density at radius 1 is 0.533 bits per heavy atom. The summed E-state index contributed by atoms with van der Waals surface area (Å²) in [6.07, 6.45) is 6.17. The van der Waals surface area contributed by atoms with Gasteiger partial charge < -0.3 is 29.7 Å². The fourth-order valence-corrected chi connectivity index (χ4v) is 2.91. The number of alkyl halides is 6. The molecule has 0 atom stereocenters. The summed E-state index contributed by atoms with van der Waals surface area (Å²) in [5, 5.41) is 35.5. The standard InChI is InChI=1S/C18H12Cl6O6/c19-10(20)4-1-7-8(2-5-11(21)22)14(17(27)28)15(18(29)30)9(3-6-12(23)24)13(7)16(25)26/h1-6,10-12H,(H,25,26)(H,27,28)(H,29,30)/p-3/b4-1+,5-2+,6-3+. The first-order valence-electron chi connectivity index (χ1n) is 7.65. The molecule has 0 N–H and O–H groups in total. The van der Waals surface area contributed by atoms with Crippen molar-refractivity contribution in [3.63, 3.8) is 0 Å². The van der Waals surface area contributed by atoms with E-state index in [4.69, 9.17) is 69.6 Å². The molecule has 0 bridgehead atoms. The summed E-state index contributed by atoms with van der Waals surface area (Å²) in [6, 6.07) is 0. The third-order valence-electron chi connectivity index (χ3n) is 3.46. The third-order valence-corrected chi connectivity index (χ3v) is 4.33. The lowest BCUT2D eigenvalue weighted by Gasteiger charge is -2.25. The van der Waals surface area contributed by atoms with E-state index in [1.165, 1.54) is 0 Å². The Balaban J connectivity index is 4.34. The number of allylic oxidation sites excluding steroid dienone is 3. The van der Waals surface area contributed by atoms with Crippen LogP contribution in [-0.2, 0) is 0 Å². The van der Waals surface area contributed by atoms with E-state index in [0.717, 1.165) is 36.5 Å². The Bertz CT molecular complexity index is 934. The van der Waals surface area contributed by atoms with Gasteiger partial charge in [-0.25, -0.2) is 0 Å². The van der Waals surface area contributed by atoms with Crippen LogP contribution in [0.1, 0.15) is 47.8 Å². The quantitative estimate of drug-likeness (QED) is 0.449. The first kappa shape index (κ1) is 26.6. The lowest BCUT2D eigenvalue weighted by atomic mass is 9.85. The maximum absolute atomic E-state index is 11.9. The molecule has 0 aliphatic rings. The van der Waals surface area contributed by atoms with E-state index >= 15 is 0 Å². The summed E-state index contributed by atoms with van der Waals surface area (Å²) < 4.78 is 0. The SMILES string of the molecule is O=C([O-])c1c(/C=C/C(Cl)Cl)c(/C=C/C(Cl)Cl)c(C(=O)[O-])c(C(=O)[O-])c1/C=C/C(Cl)Cl. The van der Waals surface area contributed by atoms with Crippen molar-refractivity contribution in [1.29, 1.82) is 0 Å². The number of halogens is 6. The molecule has 1 aromatic carbocycles. The normalized spacial score (nSPS) is 12.3. The van der Waals surface area contributed by atoms with Gasteiger partial charge in [0.05, 0.1) is 17.9 Å². The lowest BCUT2D eigenvalue weighted by Crippen LogP contribution is -2.34. The van der Waals surface area contributed by atoms with Gasteiger partial charge in [0.15, 0.2) is 0 Å². The second-order valence-corrected chi connectivity index (χ2v) is 8.80. The van der Waals surface area contributed by atoms with Crippen molar-refractivity contribution >= 4 is 106 Å². The van der Waals surface area contributed by atoms with E-state index in [2.05, 4.69) is 0 Å². The largest absolute Gasteiger partial charge is 0.545 e. The molecule has 0 spiro atoms. The zero-order valence-corrected chi connectivity index (χ0v) is 18.9. The minimum absolute atomic E-state index is 0.323. The topological polar surface area (TPSA) is 120 Å². The van der Waals surface area contributed by atoms with Gasteiger partial charge in [0, 0.05) is 16.7 Å². The van der Waals surface area contributed by atoms with E-state index in [1.807, 2.05) is 0 Å². The van der Waals surface area contributed by atoms with Crippen molar-refractivity contribution in [1.82, 2.24) is 0 Å². The first-order chi connectivity index (χ1) is 13.9. The molecule has 0 radical (unpaired) electrons. The van der Waals surface area contributed by atoms with Gasteiger partial charge in [-0.3, -0.25) is 0 Å². The van der Waals surface area contributed by atoms with Gasteiger partial charge in [-0.05, 0) is 16.7 Å². The number of hydrogen-bond donors (Lipinski definition) is 0. The fourth-order valence-electron chi connectivity index (χ4n) is 2.47. The predicted molar refractivity (Wildman–Crippen MR) is 113 cm³/mol. The van der Waals surface area contributed by atoms with E-state index < -0.39 is 60.2 Å². The van der Waals surface area contributed by atoms with Gasteiger partial charge in [-0.15, -0.1) is 69.6 Å². The fraction of sp³-hybridized carbons (Fsp3) is 0.167. The number of benzene rings is 1. The highest BCUT2D eigenvalue weighted by Gasteiger charge is 2.23. The minimum atomic E-state index is -2.01. The molecule has 0 unspecified atom stereocenters. The summed E-state index contributed by atoms with van der Waals surface area (Å²) in [4.78, 5) is 32.1. The van der Waals surface area contributed by atoms with Gasteiger partial charge in [-0.2, -0.15) is 0 Å². The Labute approximate surface area is 200 Å². The highest BCUT2D eigenvalue weighted by Crippen LogP contribution is 2.32. The number of aromatic carboxylic acids is 3. The number of carbonyl (C=O) groups excluding carboxylic acids is 3. The van der Waals surface area contributed by atoms with E-state index in [1.54, 1.807) is 0 Å². The number of carboxylic acids is 3. The van der Waals surface area contributed by atoms with Gasteiger partial charge in [-0.1, -0.05) is 36.5 Å². The zero-order valence-electron chi connectivity index (χ0n) is 14.4. The molecular weight excluding hydrogens is 525 g/mol. The molecule has 162 valence electrons. The molecule has 1 rings (SSSR count). The van der Waals surface area contributed by atoms with E-state index in [9.17, 15) is 29.7 Å². The van der Waals surface area contributed by atoms with Crippen LogP contribution in [0.15, 0.2) is 18.2 Å². The first-order valence-corrected chi connectivity index (χ1v) is 10.3. The number of rotatable bonds is 9. The van der Waals surface area contributed by atoms with Crippen LogP contribution in [0.2, 0.25) is 0 Å². The van der Waals surface area contributed by atoms with Gasteiger partial charge in [0.1, 0.15) is 14.5 Å². The predicted octanol–water partition coefficient (Wildman–Crippen LogP) is 2.23. The molecule has 12 heteroatoms. The second-order valence-electron chi connectivity index (χ2n) is 5.31. The smallest absolute Gasteiger partial charge is 0.126 e. The number of hydrogen-bond acceptors (Lipinski definition) is 6. The van der Waals surface area contributed by atoms with Crippen LogP contribution in [-0.4, -0.2) is 32.4 Å². The molecule has 6 nitrogen and oxygen atoms in total. The Hall–Kier alpha value is -1.41. The highest BCUT2D eigenvalue weighted by molar-refractivity contribution is 6.46. The molecule has 0 amide bonds. The zero-order chi connectivity index (χ0) is 23.2. The van der Waals surface area contributed by atoms with Crippen LogP contribution in [0.3, 0.4) is 0 Å². The Morgan fingerprint density at radius 3 is 1.10 bits per heavy atom. The van der Waals surface area contributed by atoms with Crippen LogP contribution in [0, 0.1) is 0 Å². The Kier molecular flexibility index (Phi) is 10.5. The molecule has 0 fully saturated rings. The van der Waals surface area contributed by atoms with Gasteiger partial charge >= 0.3 is 0 Å². The molecule has 0 saturated carbocycles. The molecule has 0 aliphatic heterocycles. The summed E-state index contributed by atoms with van der Waals surface area (Å²) in [5.74, 6) is -5.82. The Morgan fingerprint density at radius 2 is 0.800 bits per heavy atom. The number of carboxylic acid groups (broad SMARTS) is 3. The van der Waals surface area contributed by atoms with Crippen LogP contribution < -0.4 is 15.3 Å². The van der Waals surface area contributed by atoms with Crippen molar-refractivity contribution in [3.8, 4) is 0 Å². The minimum Gasteiger partial charge on any atom is -0.545 e. The third kappa shape index (κ3) is 7.08. The second kappa shape index (κ2) is 11.8. The van der Waals surface area contributed by atoms with Crippen molar-refractivity contribution in [2.75, 3.05) is 0 Å². The van der Waals surface area contributed by atoms with Crippen molar-refractivity contribution < 1.29 is 29.7 Å². The van der Waals surface area contributed by atoms with Crippen LogP contribution in [0.4, 0.5) is 0 Å².